The predicted octanol–water partition coefficient (Wildman–Crippen LogP) is 11.0. The van der Waals surface area contributed by atoms with Crippen molar-refractivity contribution in [1.29, 1.82) is 0 Å². The summed E-state index contributed by atoms with van der Waals surface area (Å²) in [6.07, 6.45) is 0. The summed E-state index contributed by atoms with van der Waals surface area (Å²) in [5, 5.41) is 6.62. The Hall–Kier alpha value is -6.59. The molecule has 3 heterocycles. The van der Waals surface area contributed by atoms with Crippen LogP contribution in [0, 0.1) is 0 Å². The molecule has 3 aromatic heterocycles. The van der Waals surface area contributed by atoms with Gasteiger partial charge in [-0.1, -0.05) is 115 Å². The number of hydrogen-bond acceptors (Lipinski definition) is 4. The Kier molecular flexibility index (Phi) is 5.81. The molecule has 0 spiro atoms. The Labute approximate surface area is 275 Å². The van der Waals surface area contributed by atoms with Gasteiger partial charge in [0.1, 0.15) is 11.2 Å². The van der Waals surface area contributed by atoms with E-state index in [1.165, 1.54) is 5.39 Å². The van der Waals surface area contributed by atoms with E-state index < -0.39 is 0 Å². The van der Waals surface area contributed by atoms with E-state index in [4.69, 9.17) is 19.4 Å². The molecule has 0 radical (unpaired) electrons. The minimum absolute atomic E-state index is 0.569. The Bertz CT molecular complexity index is 2830. The molecule has 0 aliphatic heterocycles. The van der Waals surface area contributed by atoms with Crippen LogP contribution < -0.4 is 0 Å². The van der Waals surface area contributed by atoms with Crippen LogP contribution in [0.15, 0.2) is 162 Å². The number of nitrogens with zero attached hydrogens (tertiary/aromatic N) is 4. The standard InChI is InChI=1S/C43H26N4O/c1-3-13-28(14-4-1)41-44-42(30-23-22-27-12-7-8-15-29(27)26-30)46-43(45-41)35-20-11-19-32-33-24-25-37-38(40(33)48-39(32)35)34-18-9-10-21-36(34)47(37)31-16-5-2-6-17-31/h1-26H. The van der Waals surface area contributed by atoms with Crippen LogP contribution in [0.5, 0.6) is 0 Å². The van der Waals surface area contributed by atoms with Gasteiger partial charge in [0.15, 0.2) is 17.5 Å². The third kappa shape index (κ3) is 4.08. The Balaban J connectivity index is 1.24. The third-order valence-corrected chi connectivity index (χ3v) is 9.23. The minimum atomic E-state index is 0.569. The van der Waals surface area contributed by atoms with Crippen LogP contribution in [0.2, 0.25) is 0 Å². The number of rotatable bonds is 4. The number of para-hydroxylation sites is 3. The van der Waals surface area contributed by atoms with Crippen LogP contribution in [0.4, 0.5) is 0 Å². The monoisotopic (exact) mass is 614 g/mol. The minimum Gasteiger partial charge on any atom is -0.455 e. The number of fused-ring (bicyclic) bond motifs is 8. The van der Waals surface area contributed by atoms with Crippen LogP contribution >= 0.6 is 0 Å². The van der Waals surface area contributed by atoms with Crippen molar-refractivity contribution in [3.63, 3.8) is 0 Å². The van der Waals surface area contributed by atoms with E-state index in [9.17, 15) is 0 Å². The highest BCUT2D eigenvalue weighted by Gasteiger charge is 2.21. The molecular weight excluding hydrogens is 589 g/mol. The van der Waals surface area contributed by atoms with Gasteiger partial charge in [0.05, 0.1) is 22.0 Å². The summed E-state index contributed by atoms with van der Waals surface area (Å²) in [5.41, 5.74) is 7.64. The Morgan fingerprint density at radius 3 is 1.94 bits per heavy atom. The molecule has 0 aliphatic carbocycles. The lowest BCUT2D eigenvalue weighted by Gasteiger charge is -2.09. The molecule has 0 atom stereocenters. The quantitative estimate of drug-likeness (QED) is 0.198. The number of furan rings is 1. The van der Waals surface area contributed by atoms with Gasteiger partial charge in [0.25, 0.3) is 0 Å². The first kappa shape index (κ1) is 26.6. The fourth-order valence-electron chi connectivity index (χ4n) is 7.01. The topological polar surface area (TPSA) is 56.7 Å². The molecule has 0 amide bonds. The SMILES string of the molecule is c1ccc(-c2nc(-c3ccc4ccccc4c3)nc(-c3cccc4c3oc3c4ccc4c3c3ccccc3n4-c3ccccc3)n2)cc1. The Morgan fingerprint density at radius 1 is 0.417 bits per heavy atom. The molecule has 5 nitrogen and oxygen atoms in total. The zero-order valence-electron chi connectivity index (χ0n) is 25.7. The van der Waals surface area contributed by atoms with Crippen molar-refractivity contribution in [1.82, 2.24) is 19.5 Å². The summed E-state index contributed by atoms with van der Waals surface area (Å²) in [6, 6.07) is 54.4. The van der Waals surface area contributed by atoms with Gasteiger partial charge in [0.2, 0.25) is 0 Å². The van der Waals surface area contributed by atoms with Gasteiger partial charge in [0, 0.05) is 33.0 Å². The van der Waals surface area contributed by atoms with Crippen LogP contribution in [-0.2, 0) is 0 Å². The molecule has 0 N–H and O–H groups in total. The molecule has 5 heteroatoms. The fourth-order valence-corrected chi connectivity index (χ4v) is 7.01. The highest BCUT2D eigenvalue weighted by Crippen LogP contribution is 2.42. The Morgan fingerprint density at radius 2 is 1.08 bits per heavy atom. The lowest BCUT2D eigenvalue weighted by atomic mass is 10.1. The first-order valence-corrected chi connectivity index (χ1v) is 16.0. The summed E-state index contributed by atoms with van der Waals surface area (Å²) in [7, 11) is 0. The van der Waals surface area contributed by atoms with E-state index in [-0.39, 0.29) is 0 Å². The van der Waals surface area contributed by atoms with Crippen molar-refractivity contribution in [3.8, 4) is 39.9 Å². The van der Waals surface area contributed by atoms with Gasteiger partial charge in [-0.05, 0) is 53.2 Å². The largest absolute Gasteiger partial charge is 0.455 e. The maximum atomic E-state index is 6.94. The van der Waals surface area contributed by atoms with Gasteiger partial charge >= 0.3 is 0 Å². The molecule has 0 saturated heterocycles. The highest BCUT2D eigenvalue weighted by atomic mass is 16.3. The highest BCUT2D eigenvalue weighted by molar-refractivity contribution is 6.24. The molecule has 10 aromatic rings. The maximum Gasteiger partial charge on any atom is 0.167 e. The lowest BCUT2D eigenvalue weighted by molar-refractivity contribution is 0.673. The zero-order chi connectivity index (χ0) is 31.6. The zero-order valence-corrected chi connectivity index (χ0v) is 25.7. The van der Waals surface area contributed by atoms with E-state index >= 15 is 0 Å². The number of benzene rings is 7. The number of aromatic nitrogens is 4. The van der Waals surface area contributed by atoms with Crippen LogP contribution in [-0.4, -0.2) is 19.5 Å². The van der Waals surface area contributed by atoms with Crippen molar-refractivity contribution in [3.05, 3.63) is 158 Å². The lowest BCUT2D eigenvalue weighted by Crippen LogP contribution is -2.00. The van der Waals surface area contributed by atoms with Gasteiger partial charge in [-0.3, -0.25) is 0 Å². The van der Waals surface area contributed by atoms with Crippen LogP contribution in [0.1, 0.15) is 0 Å². The first-order chi connectivity index (χ1) is 23.8. The van der Waals surface area contributed by atoms with Crippen LogP contribution in [0.25, 0.3) is 94.4 Å². The molecule has 7 aromatic carbocycles. The summed E-state index contributed by atoms with van der Waals surface area (Å²) in [5.74, 6) is 1.80. The molecular formula is C43H26N4O. The van der Waals surface area contributed by atoms with Crippen molar-refractivity contribution < 1.29 is 4.42 Å². The van der Waals surface area contributed by atoms with Gasteiger partial charge < -0.3 is 8.98 Å². The summed E-state index contributed by atoms with van der Waals surface area (Å²) in [4.78, 5) is 15.1. The second-order valence-electron chi connectivity index (χ2n) is 12.0. The smallest absolute Gasteiger partial charge is 0.167 e. The number of hydrogen-bond donors (Lipinski definition) is 0. The molecule has 10 rings (SSSR count). The second-order valence-corrected chi connectivity index (χ2v) is 12.0. The molecule has 0 bridgehead atoms. The van der Waals surface area contributed by atoms with E-state index in [0.29, 0.717) is 17.5 Å². The van der Waals surface area contributed by atoms with Gasteiger partial charge in [-0.25, -0.2) is 15.0 Å². The van der Waals surface area contributed by atoms with Crippen molar-refractivity contribution in [2.75, 3.05) is 0 Å². The van der Waals surface area contributed by atoms with Crippen LogP contribution in [0.3, 0.4) is 0 Å². The molecule has 0 aliphatic rings. The average Bonchev–Trinajstić information content (AvgIpc) is 3.71. The third-order valence-electron chi connectivity index (χ3n) is 9.23. The van der Waals surface area contributed by atoms with E-state index in [2.05, 4.69) is 120 Å². The van der Waals surface area contributed by atoms with E-state index in [1.807, 2.05) is 42.5 Å². The predicted molar refractivity (Wildman–Crippen MR) is 195 cm³/mol. The average molecular weight is 615 g/mol. The molecule has 48 heavy (non-hydrogen) atoms. The molecule has 0 fully saturated rings. The molecule has 0 saturated carbocycles. The second kappa shape index (κ2) is 10.5. The van der Waals surface area contributed by atoms with E-state index in [1.54, 1.807) is 0 Å². The van der Waals surface area contributed by atoms with Gasteiger partial charge in [-0.2, -0.15) is 0 Å². The van der Waals surface area contributed by atoms with Crippen molar-refractivity contribution >= 4 is 54.5 Å². The van der Waals surface area contributed by atoms with Gasteiger partial charge in [-0.15, -0.1) is 0 Å². The normalized spacial score (nSPS) is 11.8. The summed E-state index contributed by atoms with van der Waals surface area (Å²) < 4.78 is 9.26. The molecule has 0 unspecified atom stereocenters. The molecule has 224 valence electrons. The maximum absolute atomic E-state index is 6.94. The van der Waals surface area contributed by atoms with Crippen molar-refractivity contribution in [2.24, 2.45) is 0 Å². The van der Waals surface area contributed by atoms with Crippen molar-refractivity contribution in [2.45, 2.75) is 0 Å². The fraction of sp³-hybridized carbons (Fsp3) is 0. The summed E-state index contributed by atoms with van der Waals surface area (Å²) in [6.45, 7) is 0. The van der Waals surface area contributed by atoms with E-state index in [0.717, 1.165) is 71.5 Å². The summed E-state index contributed by atoms with van der Waals surface area (Å²) >= 11 is 0. The first-order valence-electron chi connectivity index (χ1n) is 16.0.